The maximum Gasteiger partial charge on any atom is 0.435 e. The van der Waals surface area contributed by atoms with Crippen molar-refractivity contribution in [2.45, 2.75) is 24.6 Å². The number of nitrogens with zero attached hydrogens (tertiary/aromatic N) is 3. The van der Waals surface area contributed by atoms with Gasteiger partial charge in [0.05, 0.1) is 16.2 Å². The van der Waals surface area contributed by atoms with Crippen molar-refractivity contribution < 1.29 is 30.7 Å². The maximum absolute atomic E-state index is 14.3. The van der Waals surface area contributed by atoms with Gasteiger partial charge in [0.15, 0.2) is 0 Å². The summed E-state index contributed by atoms with van der Waals surface area (Å²) < 4.78 is 93.4. The molecule has 0 saturated heterocycles. The van der Waals surface area contributed by atoms with Crippen molar-refractivity contribution in [3.63, 3.8) is 0 Å². The second-order valence-electron chi connectivity index (χ2n) is 6.50. The van der Waals surface area contributed by atoms with Crippen molar-refractivity contribution in [2.75, 3.05) is 0 Å². The highest BCUT2D eigenvalue weighted by atomic mass is 35.5. The van der Waals surface area contributed by atoms with Crippen molar-refractivity contribution in [3.8, 4) is 16.9 Å². The van der Waals surface area contributed by atoms with Crippen LogP contribution in [0.1, 0.15) is 11.1 Å². The van der Waals surface area contributed by atoms with Crippen molar-refractivity contribution in [2.24, 2.45) is 5.73 Å². The molecular weight excluding hydrogens is 512 g/mol. The molecule has 0 fully saturated rings. The summed E-state index contributed by atoms with van der Waals surface area (Å²) in [6.45, 7) is 0.128. The van der Waals surface area contributed by atoms with Gasteiger partial charge in [-0.3, -0.25) is 0 Å². The third-order valence-electron chi connectivity index (χ3n) is 4.48. The van der Waals surface area contributed by atoms with Crippen LogP contribution in [0.3, 0.4) is 0 Å². The molecule has 0 bridgehead atoms. The van der Waals surface area contributed by atoms with E-state index in [-0.39, 0.29) is 30.1 Å². The van der Waals surface area contributed by atoms with Crippen molar-refractivity contribution in [1.29, 1.82) is 0 Å². The van der Waals surface area contributed by atoms with E-state index in [0.29, 0.717) is 16.1 Å². The molecule has 0 radical (unpaired) electrons. The molecule has 32 heavy (non-hydrogen) atoms. The minimum absolute atomic E-state index is 0.128. The van der Waals surface area contributed by atoms with Crippen LogP contribution in [0.15, 0.2) is 36.5 Å². The van der Waals surface area contributed by atoms with E-state index >= 15 is 0 Å². The fourth-order valence-corrected chi connectivity index (χ4v) is 3.72. The summed E-state index contributed by atoms with van der Waals surface area (Å²) in [5, 5.41) is 6.62. The Labute approximate surface area is 190 Å². The molecule has 4 nitrogen and oxygen atoms in total. The first-order valence-electron chi connectivity index (χ1n) is 8.44. The number of hydrogen-bond acceptors (Lipinski definition) is 3. The van der Waals surface area contributed by atoms with Gasteiger partial charge in [-0.2, -0.15) is 26.3 Å². The predicted molar refractivity (Wildman–Crippen MR) is 105 cm³/mol. The van der Waals surface area contributed by atoms with Gasteiger partial charge in [0.1, 0.15) is 11.4 Å². The van der Waals surface area contributed by atoms with Crippen LogP contribution in [0.5, 0.6) is 0 Å². The molecule has 3 rings (SSSR count). The average molecular weight is 522 g/mol. The number of halogens is 10. The summed E-state index contributed by atoms with van der Waals surface area (Å²) in [6.07, 6.45) is -11.4. The smallest absolute Gasteiger partial charge is 0.326 e. The summed E-state index contributed by atoms with van der Waals surface area (Å²) in [5.74, 6) is 0. The monoisotopic (exact) mass is 520 g/mol. The second kappa shape index (κ2) is 8.36. The lowest BCUT2D eigenvalue weighted by Gasteiger charge is -2.30. The third kappa shape index (κ3) is 4.14. The Morgan fingerprint density at radius 2 is 1.41 bits per heavy atom. The zero-order chi connectivity index (χ0) is 24.1. The Bertz CT molecular complexity index is 1120. The lowest BCUT2D eigenvalue weighted by Crippen LogP contribution is -2.50. The normalized spacial score (nSPS) is 13.0. The Kier molecular flexibility index (Phi) is 6.42. The molecule has 0 spiro atoms. The van der Waals surface area contributed by atoms with Crippen molar-refractivity contribution in [1.82, 2.24) is 15.0 Å². The van der Waals surface area contributed by atoms with E-state index in [9.17, 15) is 30.7 Å². The van der Waals surface area contributed by atoms with Crippen LogP contribution in [0, 0.1) is 0 Å². The number of nitrogens with two attached hydrogens (primary N) is 1. The van der Waals surface area contributed by atoms with Gasteiger partial charge in [0, 0.05) is 22.7 Å². The van der Waals surface area contributed by atoms with E-state index < -0.39 is 33.6 Å². The van der Waals surface area contributed by atoms with Crippen LogP contribution in [-0.4, -0.2) is 27.3 Å². The first-order valence-corrected chi connectivity index (χ1v) is 9.57. The van der Waals surface area contributed by atoms with E-state index in [2.05, 4.69) is 10.3 Å². The van der Waals surface area contributed by atoms with Crippen molar-refractivity contribution in [3.05, 3.63) is 62.7 Å². The van der Waals surface area contributed by atoms with E-state index in [0.717, 1.165) is 4.68 Å². The summed E-state index contributed by atoms with van der Waals surface area (Å²) in [6, 6.07) is 5.15. The third-order valence-corrected chi connectivity index (χ3v) is 5.42. The molecule has 14 heteroatoms. The zero-order valence-corrected chi connectivity index (χ0v) is 17.6. The van der Waals surface area contributed by atoms with Crippen LogP contribution < -0.4 is 5.73 Å². The summed E-state index contributed by atoms with van der Waals surface area (Å²) in [4.78, 5) is 0. The van der Waals surface area contributed by atoms with Gasteiger partial charge in [-0.1, -0.05) is 46.1 Å². The van der Waals surface area contributed by atoms with Gasteiger partial charge < -0.3 is 5.73 Å². The lowest BCUT2D eigenvalue weighted by atomic mass is 9.94. The summed E-state index contributed by atoms with van der Waals surface area (Å²) >= 11 is 17.8. The molecule has 0 aliphatic heterocycles. The standard InChI is InChI=1S/C18H10Cl3F7N4/c19-11-2-1-8(3-9(11)6-29)14-7-32(31-30-14)15-12(20)4-10(5-13(15)21)16(22,17(23,24)25)18(26,27)28/h1-5,7H,6,29H2. The Balaban J connectivity index is 2.09. The number of alkyl halides is 7. The molecule has 3 aromatic rings. The number of rotatable bonds is 4. The van der Waals surface area contributed by atoms with Gasteiger partial charge >= 0.3 is 18.0 Å². The highest BCUT2D eigenvalue weighted by molar-refractivity contribution is 6.37. The van der Waals surface area contributed by atoms with Crippen LogP contribution >= 0.6 is 34.8 Å². The average Bonchev–Trinajstić information content (AvgIpc) is 3.14. The quantitative estimate of drug-likeness (QED) is 0.392. The molecule has 0 aliphatic rings. The number of hydrogen-bond donors (Lipinski definition) is 1. The van der Waals surface area contributed by atoms with Crippen LogP contribution in [0.2, 0.25) is 15.1 Å². The maximum atomic E-state index is 14.3. The Hall–Kier alpha value is -2.08. The minimum Gasteiger partial charge on any atom is -0.326 e. The Morgan fingerprint density at radius 1 is 0.844 bits per heavy atom. The van der Waals surface area contributed by atoms with Crippen LogP contribution in [0.25, 0.3) is 16.9 Å². The molecule has 1 heterocycles. The van der Waals surface area contributed by atoms with Gasteiger partial charge in [0.25, 0.3) is 0 Å². The minimum atomic E-state index is -6.31. The second-order valence-corrected chi connectivity index (χ2v) is 7.72. The highest BCUT2D eigenvalue weighted by Crippen LogP contribution is 2.54. The fraction of sp³-hybridized carbons (Fsp3) is 0.222. The van der Waals surface area contributed by atoms with E-state index in [1.54, 1.807) is 18.2 Å². The van der Waals surface area contributed by atoms with E-state index in [1.807, 2.05) is 0 Å². The predicted octanol–water partition coefficient (Wildman–Crippen LogP) is 6.64. The van der Waals surface area contributed by atoms with Gasteiger partial charge in [0.2, 0.25) is 0 Å². The van der Waals surface area contributed by atoms with Gasteiger partial charge in [-0.25, -0.2) is 9.07 Å². The first-order chi connectivity index (χ1) is 14.7. The number of aromatic nitrogens is 3. The molecule has 172 valence electrons. The zero-order valence-electron chi connectivity index (χ0n) is 15.4. The highest BCUT2D eigenvalue weighted by Gasteiger charge is 2.73. The lowest BCUT2D eigenvalue weighted by molar-refractivity contribution is -0.348. The number of benzene rings is 2. The first kappa shape index (κ1) is 24.6. The molecule has 2 aromatic carbocycles. The van der Waals surface area contributed by atoms with E-state index in [4.69, 9.17) is 40.5 Å². The fourth-order valence-electron chi connectivity index (χ4n) is 2.87. The summed E-state index contributed by atoms with van der Waals surface area (Å²) in [7, 11) is 0. The molecule has 0 amide bonds. The van der Waals surface area contributed by atoms with Crippen LogP contribution in [0.4, 0.5) is 30.7 Å². The molecule has 0 saturated carbocycles. The Morgan fingerprint density at radius 3 is 1.91 bits per heavy atom. The molecule has 0 aliphatic carbocycles. The van der Waals surface area contributed by atoms with Gasteiger partial charge in [-0.05, 0) is 29.8 Å². The molecular formula is C18H10Cl3F7N4. The topological polar surface area (TPSA) is 56.7 Å². The molecule has 0 unspecified atom stereocenters. The molecule has 0 atom stereocenters. The van der Waals surface area contributed by atoms with Crippen LogP contribution in [-0.2, 0) is 12.2 Å². The molecule has 2 N–H and O–H groups in total. The molecule has 1 aromatic heterocycles. The van der Waals surface area contributed by atoms with Crippen molar-refractivity contribution >= 4 is 34.8 Å². The van der Waals surface area contributed by atoms with E-state index in [1.165, 1.54) is 6.20 Å². The summed E-state index contributed by atoms with van der Waals surface area (Å²) in [5.41, 5.74) is -0.841. The largest absolute Gasteiger partial charge is 0.435 e. The SMILES string of the molecule is NCc1cc(-c2cn(-c3c(Cl)cc(C(F)(C(F)(F)F)C(F)(F)F)cc3Cl)nn2)ccc1Cl. The van der Waals surface area contributed by atoms with Gasteiger partial charge in [-0.15, -0.1) is 5.10 Å².